The lowest BCUT2D eigenvalue weighted by atomic mass is 9.91. The van der Waals surface area contributed by atoms with E-state index < -0.39 is 0 Å². The van der Waals surface area contributed by atoms with Gasteiger partial charge in [0, 0.05) is 4.47 Å². The smallest absolute Gasteiger partial charge is 0.0239 e. The second kappa shape index (κ2) is 11.3. The summed E-state index contributed by atoms with van der Waals surface area (Å²) in [6.45, 7) is 11.4. The average Bonchev–Trinajstić information content (AvgIpc) is 2.55. The molecule has 0 spiro atoms. The molecule has 0 aliphatic rings. The molecule has 0 N–H and O–H groups in total. The predicted octanol–water partition coefficient (Wildman–Crippen LogP) is 8.15. The molecule has 23 heavy (non-hydrogen) atoms. The van der Waals surface area contributed by atoms with Crippen LogP contribution in [0.5, 0.6) is 0 Å². The molecule has 0 aliphatic heterocycles. The summed E-state index contributed by atoms with van der Waals surface area (Å²) in [6.07, 6.45) is 15.4. The van der Waals surface area contributed by atoms with Gasteiger partial charge in [-0.2, -0.15) is 0 Å². The van der Waals surface area contributed by atoms with Gasteiger partial charge in [-0.25, -0.2) is 0 Å². The highest BCUT2D eigenvalue weighted by Gasteiger charge is 2.12. The second-order valence-electron chi connectivity index (χ2n) is 7.22. The molecule has 0 saturated carbocycles. The van der Waals surface area contributed by atoms with Crippen LogP contribution in [0.2, 0.25) is 0 Å². The van der Waals surface area contributed by atoms with Gasteiger partial charge in [-0.05, 0) is 68.4 Å². The molecule has 1 aromatic carbocycles. The molecular weight excluding hydrogens is 344 g/mol. The van der Waals surface area contributed by atoms with Crippen molar-refractivity contribution < 1.29 is 0 Å². The highest BCUT2D eigenvalue weighted by Crippen LogP contribution is 2.31. The summed E-state index contributed by atoms with van der Waals surface area (Å²) in [7, 11) is 0. The lowest BCUT2D eigenvalue weighted by Crippen LogP contribution is -2.01. The molecule has 0 amide bonds. The van der Waals surface area contributed by atoms with E-state index >= 15 is 0 Å². The molecule has 0 aliphatic carbocycles. The lowest BCUT2D eigenvalue weighted by molar-refractivity contribution is 0.556. The van der Waals surface area contributed by atoms with Crippen molar-refractivity contribution in [3.05, 3.63) is 32.3 Å². The number of rotatable bonds is 11. The van der Waals surface area contributed by atoms with Gasteiger partial charge in [0.15, 0.2) is 0 Å². The number of halogens is 1. The van der Waals surface area contributed by atoms with Crippen molar-refractivity contribution in [2.45, 2.75) is 105 Å². The van der Waals surface area contributed by atoms with E-state index in [1.807, 2.05) is 0 Å². The Morgan fingerprint density at radius 3 is 1.39 bits per heavy atom. The van der Waals surface area contributed by atoms with E-state index in [9.17, 15) is 0 Å². The van der Waals surface area contributed by atoms with Gasteiger partial charge in [-0.3, -0.25) is 0 Å². The van der Waals surface area contributed by atoms with E-state index in [-0.39, 0.29) is 0 Å². The molecular formula is C22H37Br. The van der Waals surface area contributed by atoms with E-state index in [2.05, 4.69) is 50.5 Å². The molecule has 0 aromatic heterocycles. The fourth-order valence-electron chi connectivity index (χ4n) is 3.51. The summed E-state index contributed by atoms with van der Waals surface area (Å²) in [5.74, 6) is 0. The minimum Gasteiger partial charge on any atom is -0.0654 e. The summed E-state index contributed by atoms with van der Waals surface area (Å²) in [6, 6.07) is 0. The minimum absolute atomic E-state index is 1.25. The first-order chi connectivity index (χ1) is 11.0. The molecule has 0 radical (unpaired) electrons. The quantitative estimate of drug-likeness (QED) is 0.339. The van der Waals surface area contributed by atoms with Crippen molar-refractivity contribution >= 4 is 15.9 Å². The Morgan fingerprint density at radius 2 is 0.957 bits per heavy atom. The summed E-state index contributed by atoms with van der Waals surface area (Å²) in [5.41, 5.74) is 7.44. The summed E-state index contributed by atoms with van der Waals surface area (Å²) >= 11 is 3.75. The maximum Gasteiger partial charge on any atom is 0.0239 e. The van der Waals surface area contributed by atoms with E-state index in [1.54, 1.807) is 5.56 Å². The Labute approximate surface area is 153 Å². The fraction of sp³-hybridized carbons (Fsp3) is 0.727. The molecule has 0 bridgehead atoms. The zero-order chi connectivity index (χ0) is 17.2. The predicted molar refractivity (Wildman–Crippen MR) is 109 cm³/mol. The van der Waals surface area contributed by atoms with Crippen LogP contribution in [0.25, 0.3) is 0 Å². The molecule has 0 unspecified atom stereocenters. The van der Waals surface area contributed by atoms with E-state index in [0.717, 1.165) is 0 Å². The molecule has 1 heteroatoms. The van der Waals surface area contributed by atoms with E-state index in [1.165, 1.54) is 97.4 Å². The molecule has 1 aromatic rings. The Kier molecular flexibility index (Phi) is 10.2. The summed E-state index contributed by atoms with van der Waals surface area (Å²) in [4.78, 5) is 0. The van der Waals surface area contributed by atoms with Gasteiger partial charge < -0.3 is 0 Å². The van der Waals surface area contributed by atoms with Gasteiger partial charge in [0.2, 0.25) is 0 Å². The summed E-state index contributed by atoms with van der Waals surface area (Å²) in [5, 5.41) is 0. The zero-order valence-electron chi connectivity index (χ0n) is 16.2. The third-order valence-corrected chi connectivity index (χ3v) is 6.66. The molecule has 0 heterocycles. The highest BCUT2D eigenvalue weighted by atomic mass is 79.9. The van der Waals surface area contributed by atoms with Gasteiger partial charge in [0.1, 0.15) is 0 Å². The van der Waals surface area contributed by atoms with Crippen LogP contribution in [-0.4, -0.2) is 0 Å². The third-order valence-electron chi connectivity index (χ3n) is 5.47. The standard InChI is InChI=1S/C22H37Br/c1-6-7-8-9-10-11-12-13-14-15-16-21-17(2)19(4)22(23)20(5)18(21)3/h6-16H2,1-5H3. The van der Waals surface area contributed by atoms with Gasteiger partial charge in [-0.1, -0.05) is 80.6 Å². The fourth-order valence-corrected chi connectivity index (χ4v) is 4.10. The van der Waals surface area contributed by atoms with Gasteiger partial charge in [0.25, 0.3) is 0 Å². The Morgan fingerprint density at radius 1 is 0.565 bits per heavy atom. The number of benzene rings is 1. The van der Waals surface area contributed by atoms with Crippen LogP contribution in [0.15, 0.2) is 4.47 Å². The van der Waals surface area contributed by atoms with Gasteiger partial charge in [-0.15, -0.1) is 0 Å². The first kappa shape index (κ1) is 20.7. The Bertz CT molecular complexity index is 444. The van der Waals surface area contributed by atoms with Gasteiger partial charge >= 0.3 is 0 Å². The largest absolute Gasteiger partial charge is 0.0654 e. The number of hydrogen-bond donors (Lipinski definition) is 0. The molecule has 0 fully saturated rings. The molecule has 0 saturated heterocycles. The maximum atomic E-state index is 3.75. The topological polar surface area (TPSA) is 0 Å². The second-order valence-corrected chi connectivity index (χ2v) is 8.02. The van der Waals surface area contributed by atoms with Crippen LogP contribution in [0.4, 0.5) is 0 Å². The molecule has 132 valence electrons. The maximum absolute atomic E-state index is 3.75. The lowest BCUT2D eigenvalue weighted by Gasteiger charge is -2.17. The highest BCUT2D eigenvalue weighted by molar-refractivity contribution is 9.10. The third kappa shape index (κ3) is 6.61. The number of hydrogen-bond acceptors (Lipinski definition) is 0. The van der Waals surface area contributed by atoms with Crippen molar-refractivity contribution in [3.63, 3.8) is 0 Å². The van der Waals surface area contributed by atoms with Crippen LogP contribution >= 0.6 is 15.9 Å². The van der Waals surface area contributed by atoms with Crippen molar-refractivity contribution in [2.24, 2.45) is 0 Å². The van der Waals surface area contributed by atoms with Gasteiger partial charge in [0.05, 0.1) is 0 Å². The SMILES string of the molecule is CCCCCCCCCCCCc1c(C)c(C)c(Br)c(C)c1C. The van der Waals surface area contributed by atoms with Crippen molar-refractivity contribution in [2.75, 3.05) is 0 Å². The molecule has 1 rings (SSSR count). The van der Waals surface area contributed by atoms with Crippen LogP contribution < -0.4 is 0 Å². The normalized spacial score (nSPS) is 11.2. The number of unbranched alkanes of at least 4 members (excludes halogenated alkanes) is 9. The minimum atomic E-state index is 1.25. The molecule has 0 nitrogen and oxygen atoms in total. The van der Waals surface area contributed by atoms with Crippen LogP contribution in [0.3, 0.4) is 0 Å². The first-order valence-corrected chi connectivity index (χ1v) is 10.5. The Balaban J connectivity index is 2.27. The average molecular weight is 381 g/mol. The first-order valence-electron chi connectivity index (χ1n) is 9.75. The Hall–Kier alpha value is -0.300. The monoisotopic (exact) mass is 380 g/mol. The van der Waals surface area contributed by atoms with Crippen LogP contribution in [0, 0.1) is 27.7 Å². The summed E-state index contributed by atoms with van der Waals surface area (Å²) < 4.78 is 1.30. The van der Waals surface area contributed by atoms with Crippen LogP contribution in [-0.2, 0) is 6.42 Å². The van der Waals surface area contributed by atoms with Crippen molar-refractivity contribution in [1.29, 1.82) is 0 Å². The van der Waals surface area contributed by atoms with Crippen molar-refractivity contribution in [1.82, 2.24) is 0 Å². The van der Waals surface area contributed by atoms with Crippen LogP contribution in [0.1, 0.15) is 98.9 Å². The van der Waals surface area contributed by atoms with E-state index in [0.29, 0.717) is 0 Å². The van der Waals surface area contributed by atoms with Crippen molar-refractivity contribution in [3.8, 4) is 0 Å². The molecule has 0 atom stereocenters. The zero-order valence-corrected chi connectivity index (χ0v) is 17.7. The van der Waals surface area contributed by atoms with E-state index in [4.69, 9.17) is 0 Å².